The molecule has 0 spiro atoms. The van der Waals surface area contributed by atoms with Crippen LogP contribution in [0.25, 0.3) is 0 Å². The number of nitrogens with one attached hydrogen (secondary N) is 1. The lowest BCUT2D eigenvalue weighted by Gasteiger charge is -2.35. The predicted octanol–water partition coefficient (Wildman–Crippen LogP) is 2.35. The van der Waals surface area contributed by atoms with Crippen molar-refractivity contribution in [3.8, 4) is 0 Å². The number of piperazine rings is 1. The fraction of sp³-hybridized carbons (Fsp3) is 0.421. The number of hydrogen-bond acceptors (Lipinski definition) is 6. The van der Waals surface area contributed by atoms with Crippen molar-refractivity contribution in [2.75, 3.05) is 38.1 Å². The third kappa shape index (κ3) is 4.12. The molecule has 2 saturated heterocycles. The monoisotopic (exact) mass is 386 g/mol. The van der Waals surface area contributed by atoms with Gasteiger partial charge in [-0.05, 0) is 25.0 Å². The molecule has 1 N–H and O–H groups in total. The molecule has 2 fully saturated rings. The Morgan fingerprint density at radius 2 is 1.85 bits per heavy atom. The lowest BCUT2D eigenvalue weighted by atomic mass is 10.2. The minimum absolute atomic E-state index is 0.0580. The third-order valence-corrected chi connectivity index (χ3v) is 5.59. The van der Waals surface area contributed by atoms with Crippen LogP contribution >= 0.6 is 11.3 Å². The summed E-state index contributed by atoms with van der Waals surface area (Å²) in [5.41, 5.74) is 1.38. The van der Waals surface area contributed by atoms with E-state index in [0.29, 0.717) is 43.6 Å². The molecule has 0 radical (unpaired) electrons. The van der Waals surface area contributed by atoms with Gasteiger partial charge in [-0.15, -0.1) is 11.3 Å². The van der Waals surface area contributed by atoms with E-state index in [1.54, 1.807) is 10.3 Å². The van der Waals surface area contributed by atoms with E-state index in [4.69, 9.17) is 4.74 Å². The summed E-state index contributed by atoms with van der Waals surface area (Å²) in [5, 5.41) is 5.67. The van der Waals surface area contributed by atoms with Crippen molar-refractivity contribution in [2.24, 2.45) is 0 Å². The number of thiazole rings is 1. The Kier molecular flexibility index (Phi) is 5.35. The van der Waals surface area contributed by atoms with Crippen LogP contribution in [0.5, 0.6) is 0 Å². The van der Waals surface area contributed by atoms with Crippen LogP contribution in [-0.4, -0.2) is 65.5 Å². The number of carbonyl (C=O) groups excluding carboxylic acids is 2. The summed E-state index contributed by atoms with van der Waals surface area (Å²) in [7, 11) is 0. The zero-order chi connectivity index (χ0) is 18.6. The molecule has 7 nitrogen and oxygen atoms in total. The van der Waals surface area contributed by atoms with Gasteiger partial charge in [0.2, 0.25) is 0 Å². The van der Waals surface area contributed by atoms with E-state index in [-0.39, 0.29) is 17.9 Å². The van der Waals surface area contributed by atoms with Gasteiger partial charge >= 0.3 is 0 Å². The van der Waals surface area contributed by atoms with Crippen molar-refractivity contribution >= 4 is 34.0 Å². The number of nitrogens with zero attached hydrogens (tertiary/aromatic N) is 3. The van der Waals surface area contributed by atoms with Crippen LogP contribution in [-0.2, 0) is 9.53 Å². The topological polar surface area (TPSA) is 74.8 Å². The molecule has 1 unspecified atom stereocenters. The Morgan fingerprint density at radius 1 is 1.11 bits per heavy atom. The number of amides is 2. The van der Waals surface area contributed by atoms with Gasteiger partial charge in [-0.25, -0.2) is 4.98 Å². The van der Waals surface area contributed by atoms with E-state index in [2.05, 4.69) is 10.3 Å². The Bertz CT molecular complexity index is 796. The number of benzene rings is 1. The minimum Gasteiger partial charge on any atom is -0.368 e. The average molecular weight is 386 g/mol. The molecule has 27 heavy (non-hydrogen) atoms. The van der Waals surface area contributed by atoms with Crippen molar-refractivity contribution in [1.82, 2.24) is 14.8 Å². The summed E-state index contributed by atoms with van der Waals surface area (Å²) < 4.78 is 5.48. The second-order valence-corrected chi connectivity index (χ2v) is 7.51. The van der Waals surface area contributed by atoms with E-state index in [0.717, 1.165) is 18.5 Å². The number of carbonyl (C=O) groups is 2. The van der Waals surface area contributed by atoms with E-state index in [9.17, 15) is 9.59 Å². The quantitative estimate of drug-likeness (QED) is 0.873. The number of anilines is 2. The molecule has 1 aromatic carbocycles. The molecule has 2 aromatic rings. The summed E-state index contributed by atoms with van der Waals surface area (Å²) >= 11 is 1.41. The number of rotatable bonds is 4. The highest BCUT2D eigenvalue weighted by Crippen LogP contribution is 2.22. The number of aromatic nitrogens is 1. The SMILES string of the molecule is O=C(c1csc(Nc2ccccc2)n1)N1CCN(C(=O)C2CCCO2)CC1. The zero-order valence-electron chi connectivity index (χ0n) is 15.0. The summed E-state index contributed by atoms with van der Waals surface area (Å²) in [4.78, 5) is 33.1. The fourth-order valence-electron chi connectivity index (χ4n) is 3.34. The normalized spacial score (nSPS) is 19.9. The van der Waals surface area contributed by atoms with Crippen molar-refractivity contribution in [3.63, 3.8) is 0 Å². The highest BCUT2D eigenvalue weighted by atomic mass is 32.1. The smallest absolute Gasteiger partial charge is 0.273 e. The molecular formula is C19H22N4O3S. The minimum atomic E-state index is -0.294. The van der Waals surface area contributed by atoms with Crippen molar-refractivity contribution in [3.05, 3.63) is 41.4 Å². The number of para-hydroxylation sites is 1. The Labute approximate surface area is 161 Å². The molecule has 142 valence electrons. The molecule has 0 aliphatic carbocycles. The van der Waals surface area contributed by atoms with Crippen LogP contribution in [0.4, 0.5) is 10.8 Å². The maximum absolute atomic E-state index is 12.7. The summed E-state index contributed by atoms with van der Waals surface area (Å²) in [5.74, 6) is -0.0285. The largest absolute Gasteiger partial charge is 0.368 e. The highest BCUT2D eigenvalue weighted by molar-refractivity contribution is 7.14. The first-order valence-electron chi connectivity index (χ1n) is 9.18. The van der Waals surface area contributed by atoms with Crippen LogP contribution in [0, 0.1) is 0 Å². The van der Waals surface area contributed by atoms with Gasteiger partial charge in [0.15, 0.2) is 5.13 Å². The maximum atomic E-state index is 12.7. The summed E-state index contributed by atoms with van der Waals surface area (Å²) in [6, 6.07) is 9.74. The van der Waals surface area contributed by atoms with E-state index in [1.807, 2.05) is 35.2 Å². The Hall–Kier alpha value is -2.45. The molecule has 4 rings (SSSR count). The number of ether oxygens (including phenoxy) is 1. The molecule has 2 aliphatic rings. The van der Waals surface area contributed by atoms with Crippen LogP contribution in [0.1, 0.15) is 23.3 Å². The van der Waals surface area contributed by atoms with Gasteiger partial charge in [-0.2, -0.15) is 0 Å². The first-order chi connectivity index (χ1) is 13.2. The van der Waals surface area contributed by atoms with Crippen molar-refractivity contribution in [2.45, 2.75) is 18.9 Å². The second kappa shape index (κ2) is 8.06. The Balaban J connectivity index is 1.32. The van der Waals surface area contributed by atoms with Gasteiger partial charge in [-0.1, -0.05) is 18.2 Å². The lowest BCUT2D eigenvalue weighted by molar-refractivity contribution is -0.142. The number of hydrogen-bond donors (Lipinski definition) is 1. The molecule has 2 aliphatic heterocycles. The summed E-state index contributed by atoms with van der Waals surface area (Å²) in [6.45, 7) is 2.80. The van der Waals surface area contributed by atoms with Gasteiger partial charge in [0, 0.05) is 43.9 Å². The molecule has 0 bridgehead atoms. The molecule has 3 heterocycles. The highest BCUT2D eigenvalue weighted by Gasteiger charge is 2.31. The van der Waals surface area contributed by atoms with Crippen LogP contribution in [0.15, 0.2) is 35.7 Å². The van der Waals surface area contributed by atoms with E-state index >= 15 is 0 Å². The third-order valence-electron chi connectivity index (χ3n) is 4.83. The van der Waals surface area contributed by atoms with E-state index < -0.39 is 0 Å². The standard InChI is InChI=1S/C19H22N4O3S/c24-17(15-13-27-19(21-15)20-14-5-2-1-3-6-14)22-8-10-23(11-9-22)18(25)16-7-4-12-26-16/h1-3,5-6,13,16H,4,7-12H2,(H,20,21). The molecule has 8 heteroatoms. The zero-order valence-corrected chi connectivity index (χ0v) is 15.8. The second-order valence-electron chi connectivity index (χ2n) is 6.65. The average Bonchev–Trinajstić information content (AvgIpc) is 3.40. The maximum Gasteiger partial charge on any atom is 0.273 e. The van der Waals surface area contributed by atoms with Gasteiger partial charge in [0.1, 0.15) is 11.8 Å². The Morgan fingerprint density at radius 3 is 2.56 bits per heavy atom. The van der Waals surface area contributed by atoms with Crippen LogP contribution in [0.3, 0.4) is 0 Å². The molecule has 1 atom stereocenters. The molecular weight excluding hydrogens is 364 g/mol. The lowest BCUT2D eigenvalue weighted by Crippen LogP contribution is -2.52. The van der Waals surface area contributed by atoms with Gasteiger partial charge in [0.25, 0.3) is 11.8 Å². The van der Waals surface area contributed by atoms with Gasteiger partial charge in [-0.3, -0.25) is 9.59 Å². The molecule has 2 amide bonds. The molecule has 0 saturated carbocycles. The van der Waals surface area contributed by atoms with Crippen LogP contribution < -0.4 is 5.32 Å². The fourth-order valence-corrected chi connectivity index (χ4v) is 4.05. The molecule has 1 aromatic heterocycles. The van der Waals surface area contributed by atoms with Crippen LogP contribution in [0.2, 0.25) is 0 Å². The first-order valence-corrected chi connectivity index (χ1v) is 10.1. The van der Waals surface area contributed by atoms with Crippen molar-refractivity contribution in [1.29, 1.82) is 0 Å². The van der Waals surface area contributed by atoms with Gasteiger partial charge < -0.3 is 19.9 Å². The predicted molar refractivity (Wildman–Crippen MR) is 103 cm³/mol. The van der Waals surface area contributed by atoms with Gasteiger partial charge in [0.05, 0.1) is 0 Å². The van der Waals surface area contributed by atoms with Crippen molar-refractivity contribution < 1.29 is 14.3 Å². The first kappa shape index (κ1) is 17.9. The van der Waals surface area contributed by atoms with E-state index in [1.165, 1.54) is 11.3 Å². The summed E-state index contributed by atoms with van der Waals surface area (Å²) in [6.07, 6.45) is 1.45.